The lowest BCUT2D eigenvalue weighted by molar-refractivity contribution is 0.275. The molecule has 1 aliphatic rings. The monoisotopic (exact) mass is 243 g/mol. The Labute approximate surface area is 106 Å². The van der Waals surface area contributed by atoms with Gasteiger partial charge in [-0.15, -0.1) is 5.10 Å². The van der Waals surface area contributed by atoms with Crippen LogP contribution in [0.2, 0.25) is 0 Å². The summed E-state index contributed by atoms with van der Waals surface area (Å²) < 4.78 is 1.91. The Bertz CT molecular complexity index is 585. The van der Waals surface area contributed by atoms with Gasteiger partial charge in [-0.1, -0.05) is 17.3 Å². The van der Waals surface area contributed by atoms with Crippen molar-refractivity contribution in [1.29, 1.82) is 0 Å². The van der Waals surface area contributed by atoms with Crippen molar-refractivity contribution >= 4 is 0 Å². The Hall–Kier alpha value is -1.68. The van der Waals surface area contributed by atoms with Gasteiger partial charge in [-0.3, -0.25) is 0 Å². The highest BCUT2D eigenvalue weighted by Gasteiger charge is 2.31. The SMILES string of the molecule is Cc1ccc(C)c(-n2nnc(CO)c2C2CC2)c1. The van der Waals surface area contributed by atoms with Gasteiger partial charge in [-0.25, -0.2) is 4.68 Å². The smallest absolute Gasteiger partial charge is 0.112 e. The van der Waals surface area contributed by atoms with Gasteiger partial charge in [0, 0.05) is 5.92 Å². The maximum Gasteiger partial charge on any atom is 0.112 e. The van der Waals surface area contributed by atoms with Gasteiger partial charge in [0.1, 0.15) is 5.69 Å². The third kappa shape index (κ3) is 1.82. The highest BCUT2D eigenvalue weighted by atomic mass is 16.3. The van der Waals surface area contributed by atoms with Crippen LogP contribution in [0.25, 0.3) is 5.69 Å². The van der Waals surface area contributed by atoms with Crippen LogP contribution in [0.3, 0.4) is 0 Å². The van der Waals surface area contributed by atoms with E-state index in [0.29, 0.717) is 5.92 Å². The highest BCUT2D eigenvalue weighted by molar-refractivity contribution is 5.44. The first-order valence-corrected chi connectivity index (χ1v) is 6.33. The lowest BCUT2D eigenvalue weighted by atomic mass is 10.1. The molecule has 0 amide bonds. The standard InChI is InChI=1S/C14H17N3O/c1-9-3-4-10(2)13(7-9)17-14(11-5-6-11)12(8-18)15-16-17/h3-4,7,11,18H,5-6,8H2,1-2H3. The summed E-state index contributed by atoms with van der Waals surface area (Å²) in [7, 11) is 0. The molecule has 94 valence electrons. The zero-order valence-corrected chi connectivity index (χ0v) is 10.7. The largest absolute Gasteiger partial charge is 0.390 e. The minimum absolute atomic E-state index is 0.0311. The third-order valence-corrected chi connectivity index (χ3v) is 3.49. The van der Waals surface area contributed by atoms with E-state index < -0.39 is 0 Å². The first-order chi connectivity index (χ1) is 8.70. The normalized spacial score (nSPS) is 15.1. The second kappa shape index (κ2) is 4.21. The second-order valence-electron chi connectivity index (χ2n) is 5.06. The third-order valence-electron chi connectivity index (χ3n) is 3.49. The number of hydrogen-bond donors (Lipinski definition) is 1. The van der Waals surface area contributed by atoms with Crippen molar-refractivity contribution < 1.29 is 5.11 Å². The lowest BCUT2D eigenvalue weighted by Gasteiger charge is -2.10. The molecule has 1 N–H and O–H groups in total. The van der Waals surface area contributed by atoms with Crippen LogP contribution in [0.4, 0.5) is 0 Å². The molecule has 1 saturated carbocycles. The summed E-state index contributed by atoms with van der Waals surface area (Å²) in [6, 6.07) is 6.32. The van der Waals surface area contributed by atoms with Crippen molar-refractivity contribution in [3.8, 4) is 5.69 Å². The van der Waals surface area contributed by atoms with E-state index in [9.17, 15) is 5.11 Å². The Balaban J connectivity index is 2.16. The fraction of sp³-hybridized carbons (Fsp3) is 0.429. The van der Waals surface area contributed by atoms with Crippen LogP contribution in [0.5, 0.6) is 0 Å². The molecule has 1 aromatic heterocycles. The molecule has 4 nitrogen and oxygen atoms in total. The van der Waals surface area contributed by atoms with E-state index in [4.69, 9.17) is 0 Å². The highest BCUT2D eigenvalue weighted by Crippen LogP contribution is 2.42. The van der Waals surface area contributed by atoms with Gasteiger partial charge in [-0.05, 0) is 43.9 Å². The van der Waals surface area contributed by atoms with Crippen LogP contribution in [0.15, 0.2) is 18.2 Å². The first-order valence-electron chi connectivity index (χ1n) is 6.33. The number of rotatable bonds is 3. The minimum atomic E-state index is -0.0311. The minimum Gasteiger partial charge on any atom is -0.390 e. The molecule has 1 fully saturated rings. The lowest BCUT2D eigenvalue weighted by Crippen LogP contribution is -2.05. The number of aryl methyl sites for hydroxylation is 2. The Morgan fingerprint density at radius 3 is 2.78 bits per heavy atom. The number of aliphatic hydroxyl groups excluding tert-OH is 1. The zero-order chi connectivity index (χ0) is 12.7. The Morgan fingerprint density at radius 1 is 1.33 bits per heavy atom. The van der Waals surface area contributed by atoms with Crippen molar-refractivity contribution in [1.82, 2.24) is 15.0 Å². The molecule has 1 aromatic carbocycles. The predicted molar refractivity (Wildman–Crippen MR) is 68.7 cm³/mol. The van der Waals surface area contributed by atoms with E-state index >= 15 is 0 Å². The molecule has 4 heteroatoms. The topological polar surface area (TPSA) is 50.9 Å². The van der Waals surface area contributed by atoms with E-state index in [1.54, 1.807) is 0 Å². The fourth-order valence-electron chi connectivity index (χ4n) is 2.32. The maximum absolute atomic E-state index is 9.36. The molecule has 0 radical (unpaired) electrons. The van der Waals surface area contributed by atoms with Crippen LogP contribution in [0, 0.1) is 13.8 Å². The summed E-state index contributed by atoms with van der Waals surface area (Å²) in [6.07, 6.45) is 2.34. The maximum atomic E-state index is 9.36. The van der Waals surface area contributed by atoms with Gasteiger partial charge in [0.15, 0.2) is 0 Å². The summed E-state index contributed by atoms with van der Waals surface area (Å²) in [4.78, 5) is 0. The zero-order valence-electron chi connectivity index (χ0n) is 10.7. The van der Waals surface area contributed by atoms with E-state index in [1.807, 2.05) is 4.68 Å². The van der Waals surface area contributed by atoms with Gasteiger partial charge in [0.25, 0.3) is 0 Å². The van der Waals surface area contributed by atoms with Crippen LogP contribution >= 0.6 is 0 Å². The van der Waals surface area contributed by atoms with Crippen LogP contribution in [0.1, 0.15) is 41.3 Å². The number of hydrogen-bond acceptors (Lipinski definition) is 3. The van der Waals surface area contributed by atoms with Gasteiger partial charge < -0.3 is 5.11 Å². The molecule has 18 heavy (non-hydrogen) atoms. The van der Waals surface area contributed by atoms with Gasteiger partial charge in [-0.2, -0.15) is 0 Å². The Kier molecular flexibility index (Phi) is 2.67. The van der Waals surface area contributed by atoms with E-state index in [0.717, 1.165) is 17.1 Å². The molecule has 2 aromatic rings. The average molecular weight is 243 g/mol. The average Bonchev–Trinajstić information content (AvgIpc) is 3.12. The number of nitrogens with zero attached hydrogens (tertiary/aromatic N) is 3. The van der Waals surface area contributed by atoms with Gasteiger partial charge in [0.2, 0.25) is 0 Å². The van der Waals surface area contributed by atoms with Crippen LogP contribution in [-0.4, -0.2) is 20.1 Å². The summed E-state index contributed by atoms with van der Waals surface area (Å²) >= 11 is 0. The van der Waals surface area contributed by atoms with Crippen LogP contribution < -0.4 is 0 Å². The second-order valence-corrected chi connectivity index (χ2v) is 5.06. The summed E-state index contributed by atoms with van der Waals surface area (Å²) in [5.74, 6) is 0.516. The quantitative estimate of drug-likeness (QED) is 0.899. The molecular formula is C14H17N3O. The molecule has 3 rings (SSSR count). The van der Waals surface area contributed by atoms with Crippen molar-refractivity contribution in [2.45, 2.75) is 39.2 Å². The van der Waals surface area contributed by atoms with E-state index in [-0.39, 0.29) is 6.61 Å². The molecule has 0 bridgehead atoms. The fourth-order valence-corrected chi connectivity index (χ4v) is 2.32. The molecule has 0 spiro atoms. The summed E-state index contributed by atoms with van der Waals surface area (Å²) in [5.41, 5.74) is 5.27. The van der Waals surface area contributed by atoms with Gasteiger partial charge >= 0.3 is 0 Å². The number of benzene rings is 1. The molecule has 0 atom stereocenters. The molecule has 0 saturated heterocycles. The molecule has 0 aliphatic heterocycles. The van der Waals surface area contributed by atoms with Crippen molar-refractivity contribution in [3.05, 3.63) is 40.7 Å². The van der Waals surface area contributed by atoms with Crippen LogP contribution in [-0.2, 0) is 6.61 Å². The van der Waals surface area contributed by atoms with Crippen molar-refractivity contribution in [2.75, 3.05) is 0 Å². The first kappa shape index (κ1) is 11.4. The summed E-state index contributed by atoms with van der Waals surface area (Å²) in [6.45, 7) is 4.12. The number of aromatic nitrogens is 3. The molecular weight excluding hydrogens is 226 g/mol. The Morgan fingerprint density at radius 2 is 2.11 bits per heavy atom. The molecule has 1 aliphatic carbocycles. The van der Waals surface area contributed by atoms with Crippen molar-refractivity contribution in [2.24, 2.45) is 0 Å². The number of aliphatic hydroxyl groups is 1. The van der Waals surface area contributed by atoms with Crippen molar-refractivity contribution in [3.63, 3.8) is 0 Å². The summed E-state index contributed by atoms with van der Waals surface area (Å²) in [5, 5.41) is 17.7. The van der Waals surface area contributed by atoms with E-state index in [1.165, 1.54) is 24.0 Å². The molecule has 1 heterocycles. The van der Waals surface area contributed by atoms with E-state index in [2.05, 4.69) is 42.4 Å². The molecule has 0 unspecified atom stereocenters. The van der Waals surface area contributed by atoms with Gasteiger partial charge in [0.05, 0.1) is 18.0 Å². The predicted octanol–water partition coefficient (Wildman–Crippen LogP) is 2.25.